The molecule has 3 aliphatic rings. The zero-order valence-corrected chi connectivity index (χ0v) is 10.6. The van der Waals surface area contributed by atoms with Gasteiger partial charge in [-0.1, -0.05) is 39.0 Å². The normalized spacial score (nSPS) is 52.1. The molecule has 0 amide bonds. The van der Waals surface area contributed by atoms with Crippen LogP contribution in [-0.4, -0.2) is 10.7 Å². The van der Waals surface area contributed by atoms with E-state index >= 15 is 0 Å². The molecule has 0 aromatic carbocycles. The second kappa shape index (κ2) is 4.01. The van der Waals surface area contributed by atoms with Gasteiger partial charge in [0.1, 0.15) is 0 Å². The van der Waals surface area contributed by atoms with Crippen molar-refractivity contribution in [3.8, 4) is 0 Å². The number of hydrogen-bond acceptors (Lipinski definition) is 1. The smallest absolute Gasteiger partial charge is 0.0708 e. The lowest BCUT2D eigenvalue weighted by Gasteiger charge is -2.41. The Labute approximate surface area is 99.6 Å². The molecule has 0 spiro atoms. The van der Waals surface area contributed by atoms with Crippen molar-refractivity contribution in [3.05, 3.63) is 0 Å². The zero-order chi connectivity index (χ0) is 11.2. The molecule has 0 aliphatic heterocycles. The van der Waals surface area contributed by atoms with Crippen LogP contribution in [0, 0.1) is 23.7 Å². The molecule has 0 radical (unpaired) electrons. The van der Waals surface area contributed by atoms with Crippen LogP contribution in [0.1, 0.15) is 64.7 Å². The highest BCUT2D eigenvalue weighted by atomic mass is 16.3. The maximum atomic E-state index is 10.6. The summed E-state index contributed by atoms with van der Waals surface area (Å²) in [4.78, 5) is 0. The summed E-state index contributed by atoms with van der Waals surface area (Å²) in [7, 11) is 0. The van der Waals surface area contributed by atoms with E-state index in [-0.39, 0.29) is 5.60 Å². The van der Waals surface area contributed by atoms with E-state index in [0.29, 0.717) is 11.8 Å². The molecular formula is C15H26O. The first-order valence-corrected chi connectivity index (χ1v) is 7.46. The number of aliphatic hydroxyl groups is 1. The van der Waals surface area contributed by atoms with Gasteiger partial charge < -0.3 is 5.11 Å². The van der Waals surface area contributed by atoms with Gasteiger partial charge in [0, 0.05) is 0 Å². The lowest BCUT2D eigenvalue weighted by atomic mass is 9.65. The highest BCUT2D eigenvalue weighted by Crippen LogP contribution is 2.57. The number of hydrogen-bond donors (Lipinski definition) is 1. The van der Waals surface area contributed by atoms with Gasteiger partial charge >= 0.3 is 0 Å². The second-order valence-electron chi connectivity index (χ2n) is 6.62. The Hall–Kier alpha value is -0.0400. The molecule has 5 atom stereocenters. The molecule has 0 aromatic heterocycles. The summed E-state index contributed by atoms with van der Waals surface area (Å²) in [6, 6.07) is 0. The minimum Gasteiger partial charge on any atom is -0.389 e. The van der Waals surface area contributed by atoms with Crippen LogP contribution in [0.25, 0.3) is 0 Å². The van der Waals surface area contributed by atoms with Crippen LogP contribution >= 0.6 is 0 Å². The maximum absolute atomic E-state index is 10.6. The summed E-state index contributed by atoms with van der Waals surface area (Å²) < 4.78 is 0. The Morgan fingerprint density at radius 3 is 2.50 bits per heavy atom. The summed E-state index contributed by atoms with van der Waals surface area (Å²) >= 11 is 0. The monoisotopic (exact) mass is 222 g/mol. The largest absolute Gasteiger partial charge is 0.389 e. The third kappa shape index (κ3) is 1.72. The fourth-order valence-electron chi connectivity index (χ4n) is 4.66. The van der Waals surface area contributed by atoms with Crippen LogP contribution in [0.15, 0.2) is 0 Å². The summed E-state index contributed by atoms with van der Waals surface area (Å²) in [5, 5.41) is 10.6. The van der Waals surface area contributed by atoms with Crippen LogP contribution in [0.5, 0.6) is 0 Å². The first-order chi connectivity index (χ1) is 7.74. The van der Waals surface area contributed by atoms with Gasteiger partial charge in [0.25, 0.3) is 0 Å². The Bertz CT molecular complexity index is 262. The van der Waals surface area contributed by atoms with Crippen molar-refractivity contribution >= 4 is 0 Å². The molecule has 0 bridgehead atoms. The Morgan fingerprint density at radius 2 is 1.81 bits per heavy atom. The molecule has 1 nitrogen and oxygen atoms in total. The van der Waals surface area contributed by atoms with Gasteiger partial charge in [-0.3, -0.25) is 0 Å². The second-order valence-corrected chi connectivity index (χ2v) is 6.62. The minimum atomic E-state index is -0.225. The molecule has 0 saturated heterocycles. The fourth-order valence-corrected chi connectivity index (χ4v) is 4.66. The standard InChI is InChI=1S/C15H26O/c1-2-13-10-15(13,16)14-8-7-11-5-3-4-6-12(11)9-14/h11-14,16H,2-10H2,1H3. The molecule has 3 fully saturated rings. The predicted octanol–water partition coefficient (Wildman–Crippen LogP) is 3.75. The Kier molecular flexibility index (Phi) is 2.78. The fraction of sp³-hybridized carbons (Fsp3) is 1.00. The summed E-state index contributed by atoms with van der Waals surface area (Å²) in [6.45, 7) is 2.23. The third-order valence-corrected chi connectivity index (χ3v) is 5.86. The SMILES string of the molecule is CCC1CC1(O)C1CCC2CCCCC2C1. The van der Waals surface area contributed by atoms with Crippen LogP contribution in [0.2, 0.25) is 0 Å². The van der Waals surface area contributed by atoms with Gasteiger partial charge in [0.15, 0.2) is 0 Å². The summed E-state index contributed by atoms with van der Waals surface area (Å²) in [6.07, 6.45) is 12.2. The first-order valence-electron chi connectivity index (χ1n) is 7.46. The molecule has 0 aromatic rings. The van der Waals surface area contributed by atoms with Crippen LogP contribution in [0.3, 0.4) is 0 Å². The van der Waals surface area contributed by atoms with E-state index in [1.54, 1.807) is 0 Å². The van der Waals surface area contributed by atoms with Gasteiger partial charge in [0.05, 0.1) is 5.60 Å². The number of fused-ring (bicyclic) bond motifs is 1. The van der Waals surface area contributed by atoms with E-state index in [0.717, 1.165) is 18.3 Å². The summed E-state index contributed by atoms with van der Waals surface area (Å²) in [5.41, 5.74) is -0.225. The first kappa shape index (κ1) is 11.1. The van der Waals surface area contributed by atoms with E-state index in [4.69, 9.17) is 0 Å². The quantitative estimate of drug-likeness (QED) is 0.754. The topological polar surface area (TPSA) is 20.2 Å². The van der Waals surface area contributed by atoms with E-state index in [9.17, 15) is 5.11 Å². The van der Waals surface area contributed by atoms with Crippen molar-refractivity contribution in [1.82, 2.24) is 0 Å². The van der Waals surface area contributed by atoms with E-state index in [2.05, 4.69) is 6.92 Å². The minimum absolute atomic E-state index is 0.225. The van der Waals surface area contributed by atoms with Crippen molar-refractivity contribution in [2.75, 3.05) is 0 Å². The highest BCUT2D eigenvalue weighted by molar-refractivity contribution is 5.08. The lowest BCUT2D eigenvalue weighted by molar-refractivity contribution is 0.00703. The molecule has 3 aliphatic carbocycles. The summed E-state index contributed by atoms with van der Waals surface area (Å²) in [5.74, 6) is 3.27. The Balaban J connectivity index is 1.63. The zero-order valence-electron chi connectivity index (χ0n) is 10.6. The molecule has 1 N–H and O–H groups in total. The van der Waals surface area contributed by atoms with E-state index in [1.807, 2.05) is 0 Å². The molecule has 92 valence electrons. The van der Waals surface area contributed by atoms with Gasteiger partial charge in [-0.15, -0.1) is 0 Å². The highest BCUT2D eigenvalue weighted by Gasteiger charge is 2.57. The maximum Gasteiger partial charge on any atom is 0.0708 e. The van der Waals surface area contributed by atoms with Crippen LogP contribution < -0.4 is 0 Å². The number of rotatable bonds is 2. The lowest BCUT2D eigenvalue weighted by Crippen LogP contribution is -2.35. The molecule has 3 rings (SSSR count). The molecular weight excluding hydrogens is 196 g/mol. The average molecular weight is 222 g/mol. The molecule has 16 heavy (non-hydrogen) atoms. The van der Waals surface area contributed by atoms with E-state index in [1.165, 1.54) is 51.4 Å². The molecule has 5 unspecified atom stereocenters. The van der Waals surface area contributed by atoms with Crippen LogP contribution in [-0.2, 0) is 0 Å². The van der Waals surface area contributed by atoms with Crippen molar-refractivity contribution in [2.45, 2.75) is 70.3 Å². The van der Waals surface area contributed by atoms with Crippen LogP contribution in [0.4, 0.5) is 0 Å². The van der Waals surface area contributed by atoms with Gasteiger partial charge in [-0.2, -0.15) is 0 Å². The van der Waals surface area contributed by atoms with Gasteiger partial charge in [-0.25, -0.2) is 0 Å². The van der Waals surface area contributed by atoms with Gasteiger partial charge in [0.2, 0.25) is 0 Å². The third-order valence-electron chi connectivity index (χ3n) is 5.86. The van der Waals surface area contributed by atoms with Crippen molar-refractivity contribution in [3.63, 3.8) is 0 Å². The Morgan fingerprint density at radius 1 is 1.06 bits per heavy atom. The van der Waals surface area contributed by atoms with Crippen molar-refractivity contribution in [2.24, 2.45) is 23.7 Å². The van der Waals surface area contributed by atoms with Crippen molar-refractivity contribution in [1.29, 1.82) is 0 Å². The molecule has 0 heterocycles. The molecule has 1 heteroatoms. The van der Waals surface area contributed by atoms with Crippen molar-refractivity contribution < 1.29 is 5.11 Å². The molecule has 3 saturated carbocycles. The predicted molar refractivity (Wildman–Crippen MR) is 66.1 cm³/mol. The van der Waals surface area contributed by atoms with E-state index < -0.39 is 0 Å². The van der Waals surface area contributed by atoms with Gasteiger partial charge in [-0.05, 0) is 49.4 Å². The average Bonchev–Trinajstić information content (AvgIpc) is 3.01.